The van der Waals surface area contributed by atoms with Gasteiger partial charge in [-0.05, 0) is 18.1 Å². The molecule has 2 rings (SSSR count). The first-order valence-electron chi connectivity index (χ1n) is 5.87. The van der Waals surface area contributed by atoms with Gasteiger partial charge in [0.15, 0.2) is 0 Å². The number of aromatic nitrogens is 3. The Morgan fingerprint density at radius 1 is 1.42 bits per heavy atom. The van der Waals surface area contributed by atoms with E-state index in [-0.39, 0.29) is 0 Å². The van der Waals surface area contributed by atoms with Crippen LogP contribution >= 0.6 is 11.6 Å². The third-order valence-corrected chi connectivity index (χ3v) is 3.38. The highest BCUT2D eigenvalue weighted by Crippen LogP contribution is 2.20. The molecule has 0 aliphatic carbocycles. The zero-order valence-corrected chi connectivity index (χ0v) is 11.2. The third kappa shape index (κ3) is 3.32. The Morgan fingerprint density at radius 3 is 2.74 bits per heavy atom. The van der Waals surface area contributed by atoms with E-state index in [1.807, 2.05) is 18.2 Å². The number of hydrogen-bond donors (Lipinski definition) is 1. The topological polar surface area (TPSA) is 68.0 Å². The van der Waals surface area contributed by atoms with Crippen LogP contribution in [0.5, 0.6) is 0 Å². The molecule has 100 valence electrons. The van der Waals surface area contributed by atoms with Crippen LogP contribution in [0, 0.1) is 5.92 Å². The van der Waals surface area contributed by atoms with E-state index in [4.69, 9.17) is 11.6 Å². The summed E-state index contributed by atoms with van der Waals surface area (Å²) in [6.07, 6.45) is 2.13. The summed E-state index contributed by atoms with van der Waals surface area (Å²) in [6, 6.07) is 7.28. The van der Waals surface area contributed by atoms with Crippen molar-refractivity contribution in [1.82, 2.24) is 14.8 Å². The van der Waals surface area contributed by atoms with E-state index < -0.39 is 11.9 Å². The molecule has 1 unspecified atom stereocenters. The fourth-order valence-electron chi connectivity index (χ4n) is 1.90. The number of benzene rings is 1. The van der Waals surface area contributed by atoms with Gasteiger partial charge in [-0.15, -0.1) is 0 Å². The van der Waals surface area contributed by atoms with Crippen LogP contribution in [0.1, 0.15) is 11.4 Å². The molecule has 0 saturated carbocycles. The smallest absolute Gasteiger partial charge is 0.307 e. The molecule has 1 heterocycles. The largest absolute Gasteiger partial charge is 0.481 e. The predicted octanol–water partition coefficient (Wildman–Crippen LogP) is 1.95. The van der Waals surface area contributed by atoms with Gasteiger partial charge in [0, 0.05) is 18.5 Å². The van der Waals surface area contributed by atoms with Gasteiger partial charge in [0.2, 0.25) is 0 Å². The van der Waals surface area contributed by atoms with Gasteiger partial charge in [-0.25, -0.2) is 4.98 Å². The first-order valence-corrected chi connectivity index (χ1v) is 6.25. The summed E-state index contributed by atoms with van der Waals surface area (Å²) in [5.74, 6) is -0.773. The molecule has 19 heavy (non-hydrogen) atoms. The zero-order chi connectivity index (χ0) is 13.8. The molecule has 0 spiro atoms. The number of hydrogen-bond acceptors (Lipinski definition) is 3. The molecule has 0 bridgehead atoms. The number of carboxylic acids is 1. The van der Waals surface area contributed by atoms with Gasteiger partial charge >= 0.3 is 5.97 Å². The fraction of sp³-hybridized carbons (Fsp3) is 0.308. The molecule has 0 aliphatic rings. The van der Waals surface area contributed by atoms with E-state index in [0.29, 0.717) is 23.7 Å². The van der Waals surface area contributed by atoms with Gasteiger partial charge in [0.05, 0.1) is 5.92 Å². The average molecular weight is 280 g/mol. The maximum Gasteiger partial charge on any atom is 0.307 e. The van der Waals surface area contributed by atoms with E-state index in [0.717, 1.165) is 5.56 Å². The molecule has 1 aromatic heterocycles. The Bertz CT molecular complexity index is 583. The zero-order valence-electron chi connectivity index (χ0n) is 10.5. The lowest BCUT2D eigenvalue weighted by Crippen LogP contribution is -2.21. The molecule has 1 N–H and O–H groups in total. The lowest BCUT2D eigenvalue weighted by molar-refractivity contribution is -0.141. The number of aliphatic carboxylic acids is 1. The normalized spacial score (nSPS) is 12.3. The Hall–Kier alpha value is -1.88. The fourth-order valence-corrected chi connectivity index (χ4v) is 2.11. The summed E-state index contributed by atoms with van der Waals surface area (Å²) in [6.45, 7) is 0. The second kappa shape index (κ2) is 5.84. The molecule has 5 nitrogen and oxygen atoms in total. The van der Waals surface area contributed by atoms with E-state index in [1.165, 1.54) is 6.33 Å². The van der Waals surface area contributed by atoms with E-state index >= 15 is 0 Å². The summed E-state index contributed by atoms with van der Waals surface area (Å²) in [4.78, 5) is 15.4. The summed E-state index contributed by atoms with van der Waals surface area (Å²) in [5.41, 5.74) is 0.832. The third-order valence-electron chi connectivity index (χ3n) is 3.01. The molecule has 0 saturated heterocycles. The van der Waals surface area contributed by atoms with Gasteiger partial charge in [-0.1, -0.05) is 29.8 Å². The number of carboxylic acid groups (broad SMARTS) is 1. The van der Waals surface area contributed by atoms with Crippen LogP contribution in [-0.2, 0) is 24.7 Å². The molecule has 0 amide bonds. The van der Waals surface area contributed by atoms with Crippen LogP contribution < -0.4 is 0 Å². The first kappa shape index (κ1) is 13.5. The highest BCUT2D eigenvalue weighted by molar-refractivity contribution is 6.31. The van der Waals surface area contributed by atoms with Crippen molar-refractivity contribution in [2.75, 3.05) is 0 Å². The Kier molecular flexibility index (Phi) is 4.16. The second-order valence-electron chi connectivity index (χ2n) is 4.33. The maximum atomic E-state index is 11.4. The van der Waals surface area contributed by atoms with Crippen LogP contribution in [0.2, 0.25) is 5.02 Å². The quantitative estimate of drug-likeness (QED) is 0.908. The molecule has 0 aliphatic heterocycles. The lowest BCUT2D eigenvalue weighted by atomic mass is 9.96. The van der Waals surface area contributed by atoms with Crippen LogP contribution in [-0.4, -0.2) is 25.8 Å². The minimum absolute atomic E-state index is 0.330. The first-order chi connectivity index (χ1) is 9.08. The van der Waals surface area contributed by atoms with Crippen LogP contribution in [0.3, 0.4) is 0 Å². The van der Waals surface area contributed by atoms with Crippen molar-refractivity contribution in [2.24, 2.45) is 13.0 Å². The standard InChI is InChI=1S/C13H14ClN3O2/c1-17-12(15-8-16-17)7-10(13(18)19)6-9-4-2-3-5-11(9)14/h2-5,8,10H,6-7H2,1H3,(H,18,19). The molecule has 0 fully saturated rings. The molecule has 0 radical (unpaired) electrons. The summed E-state index contributed by atoms with van der Waals surface area (Å²) < 4.78 is 1.59. The monoisotopic (exact) mass is 279 g/mol. The molecule has 6 heteroatoms. The number of carbonyl (C=O) groups is 1. The number of nitrogens with zero attached hydrogens (tertiary/aromatic N) is 3. The van der Waals surface area contributed by atoms with Crippen LogP contribution in [0.15, 0.2) is 30.6 Å². The summed E-state index contributed by atoms with van der Waals surface area (Å²) in [5, 5.41) is 13.8. The summed E-state index contributed by atoms with van der Waals surface area (Å²) >= 11 is 6.06. The molecular formula is C13H14ClN3O2. The molecule has 1 aromatic carbocycles. The average Bonchev–Trinajstić information content (AvgIpc) is 2.76. The highest BCUT2D eigenvalue weighted by atomic mass is 35.5. The van der Waals surface area contributed by atoms with Crippen LogP contribution in [0.4, 0.5) is 0 Å². The second-order valence-corrected chi connectivity index (χ2v) is 4.74. The minimum Gasteiger partial charge on any atom is -0.481 e. The number of rotatable bonds is 5. The van der Waals surface area contributed by atoms with E-state index in [1.54, 1.807) is 17.8 Å². The van der Waals surface area contributed by atoms with Gasteiger partial charge in [0.25, 0.3) is 0 Å². The lowest BCUT2D eigenvalue weighted by Gasteiger charge is -2.12. The van der Waals surface area contributed by atoms with E-state index in [9.17, 15) is 9.90 Å². The maximum absolute atomic E-state index is 11.4. The Balaban J connectivity index is 2.16. The van der Waals surface area contributed by atoms with Gasteiger partial charge in [0.1, 0.15) is 12.2 Å². The van der Waals surface area contributed by atoms with Crippen molar-refractivity contribution in [3.63, 3.8) is 0 Å². The van der Waals surface area contributed by atoms with Crippen molar-refractivity contribution >= 4 is 17.6 Å². The van der Waals surface area contributed by atoms with Crippen molar-refractivity contribution in [3.8, 4) is 0 Å². The molecule has 2 aromatic rings. The van der Waals surface area contributed by atoms with E-state index in [2.05, 4.69) is 10.1 Å². The van der Waals surface area contributed by atoms with Crippen molar-refractivity contribution in [2.45, 2.75) is 12.8 Å². The highest BCUT2D eigenvalue weighted by Gasteiger charge is 2.21. The van der Waals surface area contributed by atoms with Crippen molar-refractivity contribution < 1.29 is 9.90 Å². The van der Waals surface area contributed by atoms with Gasteiger partial charge in [-0.2, -0.15) is 5.10 Å². The van der Waals surface area contributed by atoms with Gasteiger partial charge in [-0.3, -0.25) is 9.48 Å². The summed E-state index contributed by atoms with van der Waals surface area (Å²) in [7, 11) is 1.75. The van der Waals surface area contributed by atoms with Crippen molar-refractivity contribution in [3.05, 3.63) is 47.0 Å². The van der Waals surface area contributed by atoms with Crippen LogP contribution in [0.25, 0.3) is 0 Å². The predicted molar refractivity (Wildman–Crippen MR) is 71.0 cm³/mol. The van der Waals surface area contributed by atoms with Crippen molar-refractivity contribution in [1.29, 1.82) is 0 Å². The Morgan fingerprint density at radius 2 is 2.16 bits per heavy atom. The molecular weight excluding hydrogens is 266 g/mol. The molecule has 1 atom stereocenters. The minimum atomic E-state index is -0.858. The number of aryl methyl sites for hydroxylation is 1. The SMILES string of the molecule is Cn1ncnc1CC(Cc1ccccc1Cl)C(=O)O. The van der Waals surface area contributed by atoms with Gasteiger partial charge < -0.3 is 5.11 Å². The Labute approximate surface area is 115 Å². The number of halogens is 1.